The molecule has 10 heteroatoms. The van der Waals surface area contributed by atoms with Crippen molar-refractivity contribution in [3.8, 4) is 0 Å². The lowest BCUT2D eigenvalue weighted by atomic mass is 10.1. The summed E-state index contributed by atoms with van der Waals surface area (Å²) in [6.07, 6.45) is 0.421. The van der Waals surface area contributed by atoms with Crippen LogP contribution in [0.2, 0.25) is 0 Å². The van der Waals surface area contributed by atoms with Gasteiger partial charge in [-0.25, -0.2) is 0 Å². The van der Waals surface area contributed by atoms with Crippen LogP contribution in [0.25, 0.3) is 0 Å². The Morgan fingerprint density at radius 2 is 1.64 bits per heavy atom. The van der Waals surface area contributed by atoms with Crippen LogP contribution in [0.1, 0.15) is 5.69 Å². The van der Waals surface area contributed by atoms with E-state index in [2.05, 4.69) is 0 Å². The van der Waals surface area contributed by atoms with Crippen LogP contribution in [0, 0.1) is 6.92 Å². The number of aromatic nitrogens is 2. The molecule has 0 bridgehead atoms. The number of imidazole rings is 1. The predicted octanol–water partition coefficient (Wildman–Crippen LogP) is 1.47. The van der Waals surface area contributed by atoms with Gasteiger partial charge in [0.05, 0.1) is 11.9 Å². The molecule has 1 aromatic heterocycles. The molecule has 14 heavy (non-hydrogen) atoms. The van der Waals surface area contributed by atoms with Crippen molar-refractivity contribution >= 4 is 14.2 Å². The minimum absolute atomic E-state index is 0.00926. The van der Waals surface area contributed by atoms with Crippen molar-refractivity contribution in [3.63, 3.8) is 0 Å². The summed E-state index contributed by atoms with van der Waals surface area (Å²) in [6.45, 7) is 0.966. The van der Waals surface area contributed by atoms with Crippen molar-refractivity contribution < 1.29 is 30.4 Å². The van der Waals surface area contributed by atoms with Gasteiger partial charge in [-0.1, -0.05) is 0 Å². The third-order valence-corrected chi connectivity index (χ3v) is 1.65. The maximum absolute atomic E-state index is 12.1. The molecule has 2 nitrogen and oxygen atoms in total. The molecule has 0 aliphatic carbocycles. The van der Waals surface area contributed by atoms with Crippen molar-refractivity contribution in [3.05, 3.63) is 18.2 Å². The van der Waals surface area contributed by atoms with Crippen molar-refractivity contribution in [1.82, 2.24) is 4.48 Å². The second-order valence-electron chi connectivity index (χ2n) is 2.82. The van der Waals surface area contributed by atoms with Gasteiger partial charge in [0.15, 0.2) is 6.33 Å². The number of aryl methyl sites for hydroxylation is 1. The van der Waals surface area contributed by atoms with E-state index in [0.29, 0.717) is 6.20 Å². The summed E-state index contributed by atoms with van der Waals surface area (Å²) < 4.78 is 71.7. The van der Waals surface area contributed by atoms with Gasteiger partial charge in [-0.3, -0.25) is 0 Å². The van der Waals surface area contributed by atoms with Gasteiger partial charge in [0.2, 0.25) is 0 Å². The van der Waals surface area contributed by atoms with Crippen LogP contribution in [0.15, 0.2) is 12.5 Å². The lowest BCUT2D eigenvalue weighted by Gasteiger charge is -2.11. The van der Waals surface area contributed by atoms with E-state index in [1.165, 1.54) is 0 Å². The molecular formula is C4H5B2F6N2-. The van der Waals surface area contributed by atoms with E-state index in [9.17, 15) is 25.9 Å². The molecule has 1 heterocycles. The highest BCUT2D eigenvalue weighted by molar-refractivity contribution is 6.56. The first-order chi connectivity index (χ1) is 6.12. The Labute approximate surface area is 75.3 Å². The molecule has 0 N–H and O–H groups in total. The summed E-state index contributed by atoms with van der Waals surface area (Å²) in [5, 5.41) is 0. The monoisotopic (exact) mass is 217 g/mol. The second kappa shape index (κ2) is 2.96. The zero-order valence-corrected chi connectivity index (χ0v) is 6.97. The van der Waals surface area contributed by atoms with Crippen molar-refractivity contribution in [2.24, 2.45) is 0 Å². The van der Waals surface area contributed by atoms with Crippen LogP contribution < -0.4 is 4.48 Å². The molecule has 0 atom stereocenters. The van der Waals surface area contributed by atoms with Crippen LogP contribution in [-0.2, 0) is 0 Å². The number of halogens is 6. The fourth-order valence-electron chi connectivity index (χ4n) is 1.02. The smallest absolute Gasteiger partial charge is 0.404 e. The van der Waals surface area contributed by atoms with Crippen molar-refractivity contribution in [2.75, 3.05) is 0 Å². The van der Waals surface area contributed by atoms with Gasteiger partial charge < -0.3 is 34.9 Å². The van der Waals surface area contributed by atoms with E-state index >= 15 is 0 Å². The van der Waals surface area contributed by atoms with Crippen LogP contribution in [-0.4, -0.2) is 18.7 Å². The average molecular weight is 217 g/mol. The predicted molar refractivity (Wildman–Crippen MR) is 38.3 cm³/mol. The number of nitrogens with zero attached hydrogens (tertiary/aromatic N) is 2. The third kappa shape index (κ3) is 2.05. The Kier molecular flexibility index (Phi) is 2.32. The summed E-state index contributed by atoms with van der Waals surface area (Å²) in [4.78, 5) is 0. The first kappa shape index (κ1) is 11.0. The van der Waals surface area contributed by atoms with Gasteiger partial charge in [0.1, 0.15) is 0 Å². The normalized spacial score (nSPS) is 13.4. The average Bonchev–Trinajstić information content (AvgIpc) is 2.27. The van der Waals surface area contributed by atoms with E-state index in [0.717, 1.165) is 6.92 Å². The maximum atomic E-state index is 12.1. The molecule has 0 saturated heterocycles. The van der Waals surface area contributed by atoms with Gasteiger partial charge >= 0.3 is 14.2 Å². The molecule has 0 amide bonds. The zero-order chi connectivity index (χ0) is 11.1. The minimum atomic E-state index is -5.46. The van der Waals surface area contributed by atoms with E-state index in [1.54, 1.807) is 0 Å². The second-order valence-corrected chi connectivity index (χ2v) is 2.82. The molecule has 0 aliphatic rings. The van der Waals surface area contributed by atoms with Gasteiger partial charge in [0, 0.05) is 0 Å². The summed E-state index contributed by atoms with van der Waals surface area (Å²) in [5.41, 5.74) is -0.489. The Morgan fingerprint density at radius 1 is 1.14 bits per heavy atom. The van der Waals surface area contributed by atoms with E-state index in [1.807, 2.05) is 0 Å². The van der Waals surface area contributed by atoms with Crippen LogP contribution in [0.5, 0.6) is 0 Å². The number of hydrogen-bond acceptors (Lipinski definition) is 0. The third-order valence-electron chi connectivity index (χ3n) is 1.65. The molecular weight excluding hydrogens is 212 g/mol. The first-order valence-corrected chi connectivity index (χ1v) is 3.61. The Bertz CT molecular complexity index is 339. The van der Waals surface area contributed by atoms with Gasteiger partial charge in [-0.15, -0.1) is 0 Å². The summed E-state index contributed by atoms with van der Waals surface area (Å²) in [6, 6.07) is 0. The highest BCUT2D eigenvalue weighted by Gasteiger charge is 2.41. The lowest BCUT2D eigenvalue weighted by Crippen LogP contribution is -2.54. The van der Waals surface area contributed by atoms with Crippen molar-refractivity contribution in [1.29, 1.82) is 0 Å². The highest BCUT2D eigenvalue weighted by Crippen LogP contribution is 2.15. The quantitative estimate of drug-likeness (QED) is 0.523. The van der Waals surface area contributed by atoms with Crippen molar-refractivity contribution in [2.45, 2.75) is 6.92 Å². The first-order valence-electron chi connectivity index (χ1n) is 3.61. The molecule has 0 aromatic carbocycles. The van der Waals surface area contributed by atoms with Crippen LogP contribution in [0.4, 0.5) is 25.9 Å². The molecule has 0 radical (unpaired) electrons. The SMILES string of the molecule is Cc1c[n+]([B-](F)(F)F)cn1[B-](F)(F)F. The van der Waals surface area contributed by atoms with Gasteiger partial charge in [-0.05, 0) is 6.92 Å². The van der Waals surface area contributed by atoms with E-state index in [-0.39, 0.29) is 15.3 Å². The fourth-order valence-corrected chi connectivity index (χ4v) is 1.02. The van der Waals surface area contributed by atoms with Gasteiger partial charge in [-0.2, -0.15) is 0 Å². The standard InChI is InChI=1S/C4H5B2F6N2/c1-4-2-13(5(7,8)9)3-14(4)6(10,11)12/h2-3H,1H3/q-1. The molecule has 1 rings (SSSR count). The molecule has 0 fully saturated rings. The largest absolute Gasteiger partial charge is 0.709 e. The molecule has 1 aromatic rings. The number of rotatable bonds is 2. The fraction of sp³-hybridized carbons (Fsp3) is 0.250. The molecule has 80 valence electrons. The topological polar surface area (TPSA) is 8.81 Å². The molecule has 0 saturated carbocycles. The summed E-state index contributed by atoms with van der Waals surface area (Å²) in [7, 11) is -10.9. The molecule has 0 spiro atoms. The van der Waals surface area contributed by atoms with E-state index in [4.69, 9.17) is 0 Å². The minimum Gasteiger partial charge on any atom is -0.404 e. The lowest BCUT2D eigenvalue weighted by molar-refractivity contribution is -0.575. The highest BCUT2D eigenvalue weighted by atomic mass is 19.4. The van der Waals surface area contributed by atoms with E-state index < -0.39 is 19.9 Å². The summed E-state index contributed by atoms with van der Waals surface area (Å²) in [5.74, 6) is 0. The van der Waals surface area contributed by atoms with Crippen LogP contribution in [0.3, 0.4) is 0 Å². The molecule has 0 aliphatic heterocycles. The maximum Gasteiger partial charge on any atom is 0.709 e. The Morgan fingerprint density at radius 3 is 1.86 bits per heavy atom. The summed E-state index contributed by atoms with van der Waals surface area (Å²) >= 11 is 0. The Balaban J connectivity index is 3.19. The zero-order valence-electron chi connectivity index (χ0n) is 6.97. The molecule has 0 unspecified atom stereocenters. The number of hydrogen-bond donors (Lipinski definition) is 0. The van der Waals surface area contributed by atoms with Gasteiger partial charge in [0.25, 0.3) is 0 Å². The van der Waals surface area contributed by atoms with Crippen LogP contribution >= 0.6 is 0 Å². The Hall–Kier alpha value is -1.08.